The standard InChI is InChI=1S/C18H21N3O/c1-13-2-4-14(5-3-13)15-8-17(10-18(22)9-15)20-7-6-16-11-19-12-21-16/h2-5,10-12,15,20H,6-9H2,1H3,(H,19,21)/t15-/m1/s1. The van der Waals surface area contributed by atoms with Crippen LogP contribution >= 0.6 is 0 Å². The first-order valence-electron chi connectivity index (χ1n) is 7.72. The van der Waals surface area contributed by atoms with Gasteiger partial charge in [0.05, 0.1) is 6.33 Å². The molecule has 0 aliphatic heterocycles. The Hall–Kier alpha value is -2.36. The van der Waals surface area contributed by atoms with Crippen molar-refractivity contribution in [3.05, 3.63) is 65.4 Å². The Bertz CT molecular complexity index is 656. The van der Waals surface area contributed by atoms with Crippen molar-refractivity contribution in [3.63, 3.8) is 0 Å². The minimum atomic E-state index is 0.209. The van der Waals surface area contributed by atoms with Crippen LogP contribution < -0.4 is 5.32 Å². The zero-order chi connectivity index (χ0) is 15.4. The van der Waals surface area contributed by atoms with Crippen LogP contribution in [0, 0.1) is 6.92 Å². The molecule has 4 nitrogen and oxygen atoms in total. The molecule has 1 heterocycles. The van der Waals surface area contributed by atoms with Crippen LogP contribution in [0.4, 0.5) is 0 Å². The summed E-state index contributed by atoms with van der Waals surface area (Å²) < 4.78 is 0. The summed E-state index contributed by atoms with van der Waals surface area (Å²) in [6.45, 7) is 2.89. The highest BCUT2D eigenvalue weighted by Gasteiger charge is 2.21. The fourth-order valence-corrected chi connectivity index (χ4v) is 2.87. The number of hydrogen-bond donors (Lipinski definition) is 2. The van der Waals surface area contributed by atoms with Crippen molar-refractivity contribution in [2.24, 2.45) is 0 Å². The highest BCUT2D eigenvalue weighted by atomic mass is 16.1. The van der Waals surface area contributed by atoms with Gasteiger partial charge in [0, 0.05) is 43.1 Å². The topological polar surface area (TPSA) is 57.8 Å². The smallest absolute Gasteiger partial charge is 0.158 e. The summed E-state index contributed by atoms with van der Waals surface area (Å²) in [6.07, 6.45) is 7.66. The minimum absolute atomic E-state index is 0.209. The Morgan fingerprint density at radius 3 is 2.82 bits per heavy atom. The molecule has 0 unspecified atom stereocenters. The van der Waals surface area contributed by atoms with Crippen LogP contribution in [0.1, 0.15) is 35.6 Å². The average molecular weight is 295 g/mol. The van der Waals surface area contributed by atoms with Crippen molar-refractivity contribution in [3.8, 4) is 0 Å². The third kappa shape index (κ3) is 3.64. The second kappa shape index (κ2) is 6.60. The molecule has 1 aliphatic rings. The third-order valence-electron chi connectivity index (χ3n) is 4.10. The molecule has 1 atom stereocenters. The van der Waals surface area contributed by atoms with E-state index in [2.05, 4.69) is 46.5 Å². The highest BCUT2D eigenvalue weighted by Crippen LogP contribution is 2.30. The van der Waals surface area contributed by atoms with Gasteiger partial charge in [-0.2, -0.15) is 0 Å². The molecule has 3 rings (SSSR count). The highest BCUT2D eigenvalue weighted by molar-refractivity contribution is 5.91. The zero-order valence-corrected chi connectivity index (χ0v) is 12.8. The fourth-order valence-electron chi connectivity index (χ4n) is 2.87. The quantitative estimate of drug-likeness (QED) is 0.891. The molecule has 4 heteroatoms. The lowest BCUT2D eigenvalue weighted by molar-refractivity contribution is -0.115. The van der Waals surface area contributed by atoms with E-state index in [-0.39, 0.29) is 11.7 Å². The van der Waals surface area contributed by atoms with Gasteiger partial charge in [0.1, 0.15) is 0 Å². The number of imidazole rings is 1. The van der Waals surface area contributed by atoms with E-state index in [0.717, 1.165) is 30.8 Å². The monoisotopic (exact) mass is 295 g/mol. The lowest BCUT2D eigenvalue weighted by atomic mass is 9.85. The summed E-state index contributed by atoms with van der Waals surface area (Å²) in [5.41, 5.74) is 4.64. The molecule has 0 saturated carbocycles. The Balaban J connectivity index is 1.60. The number of carbonyl (C=O) groups excluding carboxylic acids is 1. The first kappa shape index (κ1) is 14.6. The molecule has 0 saturated heterocycles. The van der Waals surface area contributed by atoms with Crippen LogP contribution in [0.5, 0.6) is 0 Å². The number of rotatable bonds is 5. The van der Waals surface area contributed by atoms with Gasteiger partial charge < -0.3 is 10.3 Å². The Morgan fingerprint density at radius 1 is 1.27 bits per heavy atom. The zero-order valence-electron chi connectivity index (χ0n) is 12.8. The summed E-state index contributed by atoms with van der Waals surface area (Å²) in [5, 5.41) is 3.39. The molecule has 1 aromatic heterocycles. The second-order valence-corrected chi connectivity index (χ2v) is 5.91. The maximum atomic E-state index is 12.0. The molecule has 1 aromatic carbocycles. The maximum absolute atomic E-state index is 12.0. The van der Waals surface area contributed by atoms with Gasteiger partial charge in [0.2, 0.25) is 0 Å². The predicted octanol–water partition coefficient (Wildman–Crippen LogP) is 2.88. The maximum Gasteiger partial charge on any atom is 0.158 e. The number of carbonyl (C=O) groups is 1. The number of aromatic amines is 1. The van der Waals surface area contributed by atoms with E-state index in [1.807, 2.05) is 6.20 Å². The van der Waals surface area contributed by atoms with Crippen molar-refractivity contribution in [2.45, 2.75) is 32.1 Å². The van der Waals surface area contributed by atoms with Crippen LogP contribution in [0.15, 0.2) is 48.6 Å². The van der Waals surface area contributed by atoms with E-state index in [1.165, 1.54) is 11.1 Å². The van der Waals surface area contributed by atoms with Crippen LogP contribution in [0.2, 0.25) is 0 Å². The van der Waals surface area contributed by atoms with Crippen molar-refractivity contribution in [1.82, 2.24) is 15.3 Å². The first-order valence-corrected chi connectivity index (χ1v) is 7.72. The van der Waals surface area contributed by atoms with Crippen molar-refractivity contribution in [2.75, 3.05) is 6.54 Å². The van der Waals surface area contributed by atoms with Gasteiger partial charge in [-0.3, -0.25) is 4.79 Å². The molecule has 0 radical (unpaired) electrons. The first-order chi connectivity index (χ1) is 10.7. The fraction of sp³-hybridized carbons (Fsp3) is 0.333. The number of ketones is 1. The molecule has 0 bridgehead atoms. The molecule has 2 N–H and O–H groups in total. The van der Waals surface area contributed by atoms with Gasteiger partial charge >= 0.3 is 0 Å². The summed E-state index contributed by atoms with van der Waals surface area (Å²) in [5.74, 6) is 0.494. The van der Waals surface area contributed by atoms with E-state index in [4.69, 9.17) is 0 Å². The van der Waals surface area contributed by atoms with Crippen LogP contribution in [-0.4, -0.2) is 22.3 Å². The Labute approximate surface area is 130 Å². The van der Waals surface area contributed by atoms with Gasteiger partial charge in [-0.15, -0.1) is 0 Å². The van der Waals surface area contributed by atoms with E-state index in [9.17, 15) is 4.79 Å². The Morgan fingerprint density at radius 2 is 2.09 bits per heavy atom. The minimum Gasteiger partial charge on any atom is -0.388 e. The molecule has 1 aliphatic carbocycles. The lowest BCUT2D eigenvalue weighted by Gasteiger charge is -2.23. The Kier molecular flexibility index (Phi) is 4.37. The van der Waals surface area contributed by atoms with E-state index >= 15 is 0 Å². The number of hydrogen-bond acceptors (Lipinski definition) is 3. The molecule has 0 spiro atoms. The molecule has 22 heavy (non-hydrogen) atoms. The molecule has 2 aromatic rings. The SMILES string of the molecule is Cc1ccc([C@H]2CC(=O)C=C(NCCc3cnc[nH]3)C2)cc1. The molecular weight excluding hydrogens is 274 g/mol. The summed E-state index contributed by atoms with van der Waals surface area (Å²) in [6, 6.07) is 8.51. The summed E-state index contributed by atoms with van der Waals surface area (Å²) in [4.78, 5) is 19.1. The average Bonchev–Trinajstić information content (AvgIpc) is 3.01. The number of nitrogens with one attached hydrogen (secondary N) is 2. The van der Waals surface area contributed by atoms with Gasteiger partial charge in [0.25, 0.3) is 0 Å². The number of nitrogens with zero attached hydrogens (tertiary/aromatic N) is 1. The molecule has 114 valence electrons. The largest absolute Gasteiger partial charge is 0.388 e. The number of aromatic nitrogens is 2. The van der Waals surface area contributed by atoms with E-state index in [1.54, 1.807) is 12.4 Å². The summed E-state index contributed by atoms with van der Waals surface area (Å²) in [7, 11) is 0. The van der Waals surface area contributed by atoms with Crippen molar-refractivity contribution in [1.29, 1.82) is 0 Å². The van der Waals surface area contributed by atoms with Gasteiger partial charge in [-0.1, -0.05) is 29.8 Å². The second-order valence-electron chi connectivity index (χ2n) is 5.91. The lowest BCUT2D eigenvalue weighted by Crippen LogP contribution is -2.23. The predicted molar refractivity (Wildman–Crippen MR) is 86.5 cm³/mol. The van der Waals surface area contributed by atoms with Crippen molar-refractivity contribution >= 4 is 5.78 Å². The number of H-pyrrole nitrogens is 1. The van der Waals surface area contributed by atoms with Gasteiger partial charge in [-0.25, -0.2) is 4.98 Å². The number of aryl methyl sites for hydroxylation is 1. The number of allylic oxidation sites excluding steroid dienone is 2. The molecule has 0 fully saturated rings. The number of benzene rings is 1. The summed E-state index contributed by atoms with van der Waals surface area (Å²) >= 11 is 0. The van der Waals surface area contributed by atoms with Crippen molar-refractivity contribution < 1.29 is 4.79 Å². The van der Waals surface area contributed by atoms with Gasteiger partial charge in [0.15, 0.2) is 5.78 Å². The van der Waals surface area contributed by atoms with Crippen LogP contribution in [0.3, 0.4) is 0 Å². The normalized spacial score (nSPS) is 18.1. The molecule has 0 amide bonds. The third-order valence-corrected chi connectivity index (χ3v) is 4.10. The van der Waals surface area contributed by atoms with Crippen LogP contribution in [0.25, 0.3) is 0 Å². The molecular formula is C18H21N3O. The van der Waals surface area contributed by atoms with Gasteiger partial charge in [-0.05, 0) is 24.8 Å². The van der Waals surface area contributed by atoms with Crippen LogP contribution in [-0.2, 0) is 11.2 Å². The van der Waals surface area contributed by atoms with E-state index < -0.39 is 0 Å². The van der Waals surface area contributed by atoms with E-state index in [0.29, 0.717) is 6.42 Å².